The van der Waals surface area contributed by atoms with E-state index < -0.39 is 6.95 Å². The van der Waals surface area contributed by atoms with E-state index in [-0.39, 0.29) is 0 Å². The second kappa shape index (κ2) is 3.93. The van der Waals surface area contributed by atoms with Crippen LogP contribution in [0.4, 0.5) is 0 Å². The molecule has 0 saturated carbocycles. The van der Waals surface area contributed by atoms with Gasteiger partial charge in [0.1, 0.15) is 5.75 Å². The van der Waals surface area contributed by atoms with E-state index in [1.54, 1.807) is 6.07 Å². The molecule has 1 N–H and O–H groups in total. The van der Waals surface area contributed by atoms with E-state index in [4.69, 9.17) is 20.7 Å². The summed E-state index contributed by atoms with van der Waals surface area (Å²) in [5, 5.41) is 0. The van der Waals surface area contributed by atoms with Crippen LogP contribution in [0.3, 0.4) is 0 Å². The van der Waals surface area contributed by atoms with Crippen molar-refractivity contribution in [1.82, 2.24) is 0 Å². The third kappa shape index (κ3) is 2.74. The van der Waals surface area contributed by atoms with Gasteiger partial charge in [0, 0.05) is 11.2 Å². The Kier molecular flexibility index (Phi) is 3.25. The molecule has 0 saturated heterocycles. The quantitative estimate of drug-likeness (QED) is 0.799. The lowest BCUT2D eigenvalue weighted by Gasteiger charge is -2.12. The number of hydrogen-bond donors (Lipinski definition) is 1. The highest BCUT2D eigenvalue weighted by Gasteiger charge is 2.18. The Morgan fingerprint density at radius 1 is 1.29 bits per heavy atom. The zero-order chi connectivity index (χ0) is 10.9. The molecule has 0 heterocycles. The van der Waals surface area contributed by atoms with Gasteiger partial charge in [0.05, 0.1) is 0 Å². The molecule has 0 radical (unpaired) electrons. The molecule has 0 spiro atoms. The minimum absolute atomic E-state index is 0.355. The highest BCUT2D eigenvalue weighted by atomic mass is 35.7. The summed E-state index contributed by atoms with van der Waals surface area (Å²) in [6.07, 6.45) is 0. The fourth-order valence-electron chi connectivity index (χ4n) is 1.15. The summed E-state index contributed by atoms with van der Waals surface area (Å²) in [6.45, 7) is 1.73. The van der Waals surface area contributed by atoms with Crippen molar-refractivity contribution in [2.24, 2.45) is 0 Å². The van der Waals surface area contributed by atoms with Gasteiger partial charge >= 0.3 is 6.95 Å². The molecule has 0 fully saturated rings. The average Bonchev–Trinajstić information content (AvgIpc) is 2.04. The number of halogens is 1. The van der Waals surface area contributed by atoms with E-state index in [0.717, 1.165) is 16.7 Å². The van der Waals surface area contributed by atoms with Crippen molar-refractivity contribution in [3.8, 4) is 5.75 Å². The summed E-state index contributed by atoms with van der Waals surface area (Å²) in [4.78, 5) is 8.85. The normalized spacial score (nSPS) is 14.9. The Bertz CT molecular complexity index is 397. The van der Waals surface area contributed by atoms with Crippen LogP contribution in [-0.4, -0.2) is 4.89 Å². The van der Waals surface area contributed by atoms with E-state index >= 15 is 0 Å². The molecule has 1 aromatic carbocycles. The molecule has 3 nitrogen and oxygen atoms in total. The SMILES string of the molecule is Cc1ccc(OP(=O)(O)Cl)c(C)c1C. The maximum atomic E-state index is 10.8. The van der Waals surface area contributed by atoms with E-state index in [9.17, 15) is 4.57 Å². The van der Waals surface area contributed by atoms with Gasteiger partial charge in [-0.05, 0) is 43.5 Å². The first-order chi connectivity index (χ1) is 6.31. The predicted octanol–water partition coefficient (Wildman–Crippen LogP) is 3.33. The monoisotopic (exact) mass is 234 g/mol. The largest absolute Gasteiger partial charge is 0.474 e. The standard InChI is InChI=1S/C9H12ClO3P/c1-6-4-5-9(8(3)7(6)2)13-14(10,11)12/h4-5H,1-3H3,(H,11,12). The molecule has 1 unspecified atom stereocenters. The highest BCUT2D eigenvalue weighted by Crippen LogP contribution is 2.48. The fourth-order valence-corrected chi connectivity index (χ4v) is 1.81. The summed E-state index contributed by atoms with van der Waals surface area (Å²) in [7, 11) is 0. The molecule has 14 heavy (non-hydrogen) atoms. The third-order valence-corrected chi connectivity index (χ3v) is 2.85. The fraction of sp³-hybridized carbons (Fsp3) is 0.333. The molecule has 0 aromatic heterocycles. The van der Waals surface area contributed by atoms with Crippen molar-refractivity contribution in [3.05, 3.63) is 28.8 Å². The Balaban J connectivity index is 3.12. The van der Waals surface area contributed by atoms with Crippen molar-refractivity contribution in [1.29, 1.82) is 0 Å². The van der Waals surface area contributed by atoms with Crippen molar-refractivity contribution in [3.63, 3.8) is 0 Å². The van der Waals surface area contributed by atoms with Crippen LogP contribution in [0.25, 0.3) is 0 Å². The average molecular weight is 235 g/mol. The molecule has 0 aliphatic rings. The van der Waals surface area contributed by atoms with Crippen LogP contribution < -0.4 is 4.52 Å². The zero-order valence-electron chi connectivity index (χ0n) is 8.24. The maximum absolute atomic E-state index is 10.8. The number of benzene rings is 1. The van der Waals surface area contributed by atoms with Gasteiger partial charge in [-0.3, -0.25) is 0 Å². The van der Waals surface area contributed by atoms with Crippen LogP contribution in [0, 0.1) is 20.8 Å². The van der Waals surface area contributed by atoms with E-state index in [2.05, 4.69) is 0 Å². The molecule has 0 amide bonds. The predicted molar refractivity (Wildman–Crippen MR) is 57.0 cm³/mol. The molecule has 0 aliphatic carbocycles. The first-order valence-electron chi connectivity index (χ1n) is 4.10. The van der Waals surface area contributed by atoms with Gasteiger partial charge in [0.15, 0.2) is 0 Å². The number of aryl methyl sites for hydroxylation is 1. The van der Waals surface area contributed by atoms with E-state index in [1.807, 2.05) is 26.8 Å². The van der Waals surface area contributed by atoms with Crippen LogP contribution in [0.15, 0.2) is 12.1 Å². The van der Waals surface area contributed by atoms with Gasteiger partial charge in [-0.1, -0.05) is 6.07 Å². The molecule has 1 aromatic rings. The lowest BCUT2D eigenvalue weighted by Crippen LogP contribution is -1.93. The second-order valence-corrected chi connectivity index (χ2v) is 5.54. The molecular weight excluding hydrogens is 223 g/mol. The van der Waals surface area contributed by atoms with Crippen molar-refractivity contribution in [2.75, 3.05) is 0 Å². The van der Waals surface area contributed by atoms with Crippen LogP contribution in [0.1, 0.15) is 16.7 Å². The molecule has 0 aliphatic heterocycles. The summed E-state index contributed by atoms with van der Waals surface area (Å²) >= 11 is 5.12. The van der Waals surface area contributed by atoms with Crippen LogP contribution >= 0.6 is 18.2 Å². The Morgan fingerprint density at radius 3 is 2.36 bits per heavy atom. The first kappa shape index (κ1) is 11.6. The second-order valence-electron chi connectivity index (χ2n) is 3.17. The molecule has 78 valence electrons. The van der Waals surface area contributed by atoms with E-state index in [1.165, 1.54) is 0 Å². The number of rotatable bonds is 2. The molecule has 5 heteroatoms. The molecule has 0 bridgehead atoms. The van der Waals surface area contributed by atoms with Gasteiger partial charge in [-0.15, -0.1) is 0 Å². The number of hydrogen-bond acceptors (Lipinski definition) is 2. The van der Waals surface area contributed by atoms with Gasteiger partial charge in [-0.2, -0.15) is 0 Å². The lowest BCUT2D eigenvalue weighted by atomic mass is 10.0. The smallest absolute Gasteiger partial charge is 0.413 e. The van der Waals surface area contributed by atoms with Gasteiger partial charge < -0.3 is 9.42 Å². The van der Waals surface area contributed by atoms with Crippen molar-refractivity contribution in [2.45, 2.75) is 20.8 Å². The summed E-state index contributed by atoms with van der Waals surface area (Å²) in [5.74, 6) is 0.355. The van der Waals surface area contributed by atoms with Crippen LogP contribution in [0.2, 0.25) is 0 Å². The van der Waals surface area contributed by atoms with E-state index in [0.29, 0.717) is 5.75 Å². The Labute approximate surface area is 88.0 Å². The summed E-state index contributed by atoms with van der Waals surface area (Å²) in [5.41, 5.74) is 2.98. The van der Waals surface area contributed by atoms with Crippen LogP contribution in [0.5, 0.6) is 5.75 Å². The maximum Gasteiger partial charge on any atom is 0.474 e. The summed E-state index contributed by atoms with van der Waals surface area (Å²) in [6, 6.07) is 3.47. The van der Waals surface area contributed by atoms with Crippen molar-refractivity contribution < 1.29 is 14.0 Å². The Hall–Kier alpha value is -0.500. The van der Waals surface area contributed by atoms with Gasteiger partial charge in [0.2, 0.25) is 0 Å². The van der Waals surface area contributed by atoms with Crippen LogP contribution in [-0.2, 0) is 4.57 Å². The first-order valence-corrected chi connectivity index (χ1v) is 6.58. The lowest BCUT2D eigenvalue weighted by molar-refractivity contribution is 0.399. The van der Waals surface area contributed by atoms with Gasteiger partial charge in [-0.25, -0.2) is 4.57 Å². The molecule has 1 rings (SSSR count). The minimum Gasteiger partial charge on any atom is -0.413 e. The van der Waals surface area contributed by atoms with Gasteiger partial charge in [0.25, 0.3) is 0 Å². The molecule has 1 atom stereocenters. The Morgan fingerprint density at radius 2 is 1.86 bits per heavy atom. The zero-order valence-corrected chi connectivity index (χ0v) is 9.89. The summed E-state index contributed by atoms with van der Waals surface area (Å²) < 4.78 is 15.6. The molecular formula is C9H12ClO3P. The van der Waals surface area contributed by atoms with Crippen molar-refractivity contribution >= 4 is 18.2 Å². The topological polar surface area (TPSA) is 46.5 Å². The third-order valence-electron chi connectivity index (χ3n) is 2.22. The highest BCUT2D eigenvalue weighted by molar-refractivity contribution is 7.80. The minimum atomic E-state index is -3.98.